The molecule has 5 heteroatoms. The lowest BCUT2D eigenvalue weighted by atomic mass is 10.1. The SMILES string of the molecule is CC(C)(C)n1ccnc(Oc2ccc(CCO)cc2)c1=O. The van der Waals surface area contributed by atoms with E-state index >= 15 is 0 Å². The molecule has 1 heterocycles. The summed E-state index contributed by atoms with van der Waals surface area (Å²) >= 11 is 0. The fourth-order valence-corrected chi connectivity index (χ4v) is 1.96. The Hall–Kier alpha value is -2.14. The van der Waals surface area contributed by atoms with Crippen LogP contribution in [-0.2, 0) is 12.0 Å². The summed E-state index contributed by atoms with van der Waals surface area (Å²) in [5.41, 5.74) is 0.422. The molecule has 0 aliphatic rings. The molecule has 2 rings (SSSR count). The molecule has 0 bridgehead atoms. The first-order valence-corrected chi connectivity index (χ1v) is 6.87. The molecule has 0 saturated carbocycles. The summed E-state index contributed by atoms with van der Waals surface area (Å²) in [5.74, 6) is 0.607. The maximum atomic E-state index is 12.3. The number of aliphatic hydroxyl groups is 1. The summed E-state index contributed by atoms with van der Waals surface area (Å²) in [5, 5.41) is 8.88. The highest BCUT2D eigenvalue weighted by molar-refractivity contribution is 5.30. The van der Waals surface area contributed by atoms with E-state index in [1.54, 1.807) is 29.1 Å². The molecule has 21 heavy (non-hydrogen) atoms. The highest BCUT2D eigenvalue weighted by Crippen LogP contribution is 2.18. The summed E-state index contributed by atoms with van der Waals surface area (Å²) in [6.07, 6.45) is 3.81. The van der Waals surface area contributed by atoms with Gasteiger partial charge in [0.2, 0.25) is 0 Å². The van der Waals surface area contributed by atoms with Gasteiger partial charge in [0.05, 0.1) is 0 Å². The molecule has 0 amide bonds. The van der Waals surface area contributed by atoms with E-state index in [-0.39, 0.29) is 23.6 Å². The minimum absolute atomic E-state index is 0.0577. The Kier molecular flexibility index (Phi) is 4.43. The Morgan fingerprint density at radius 2 is 1.90 bits per heavy atom. The molecule has 0 aliphatic carbocycles. The van der Waals surface area contributed by atoms with Crippen LogP contribution in [0.4, 0.5) is 0 Å². The predicted octanol–water partition coefficient (Wildman–Crippen LogP) is 2.33. The molecule has 5 nitrogen and oxygen atoms in total. The van der Waals surface area contributed by atoms with E-state index in [0.717, 1.165) is 5.56 Å². The molecule has 0 radical (unpaired) electrons. The van der Waals surface area contributed by atoms with Gasteiger partial charge < -0.3 is 14.4 Å². The van der Waals surface area contributed by atoms with Crippen molar-refractivity contribution in [2.75, 3.05) is 6.61 Å². The van der Waals surface area contributed by atoms with Crippen LogP contribution >= 0.6 is 0 Å². The van der Waals surface area contributed by atoms with Gasteiger partial charge in [-0.1, -0.05) is 12.1 Å². The minimum Gasteiger partial charge on any atom is -0.435 e. The van der Waals surface area contributed by atoms with Gasteiger partial charge in [-0.3, -0.25) is 4.79 Å². The number of benzene rings is 1. The molecular weight excluding hydrogens is 268 g/mol. The maximum Gasteiger partial charge on any atom is 0.314 e. The standard InChI is InChI=1S/C16H20N2O3/c1-16(2,3)18-10-9-17-14(15(18)20)21-13-6-4-12(5-7-13)8-11-19/h4-7,9-10,19H,8,11H2,1-3H3. The van der Waals surface area contributed by atoms with Crippen molar-refractivity contribution in [1.29, 1.82) is 0 Å². The third-order valence-corrected chi connectivity index (χ3v) is 3.07. The quantitative estimate of drug-likeness (QED) is 0.937. The van der Waals surface area contributed by atoms with Crippen LogP contribution in [0.3, 0.4) is 0 Å². The number of ether oxygens (including phenoxy) is 1. The summed E-state index contributed by atoms with van der Waals surface area (Å²) in [6.45, 7) is 5.95. The summed E-state index contributed by atoms with van der Waals surface area (Å²) in [4.78, 5) is 16.3. The summed E-state index contributed by atoms with van der Waals surface area (Å²) in [6, 6.07) is 7.24. The van der Waals surface area contributed by atoms with Crippen LogP contribution in [0, 0.1) is 0 Å². The smallest absolute Gasteiger partial charge is 0.314 e. The molecule has 0 fully saturated rings. The van der Waals surface area contributed by atoms with Gasteiger partial charge in [0.25, 0.3) is 5.88 Å². The lowest BCUT2D eigenvalue weighted by Crippen LogP contribution is -2.34. The third kappa shape index (κ3) is 3.70. The molecule has 0 aliphatic heterocycles. The minimum atomic E-state index is -0.330. The maximum absolute atomic E-state index is 12.3. The predicted molar refractivity (Wildman–Crippen MR) is 80.8 cm³/mol. The van der Waals surface area contributed by atoms with E-state index in [4.69, 9.17) is 9.84 Å². The Morgan fingerprint density at radius 1 is 1.24 bits per heavy atom. The number of hydrogen-bond acceptors (Lipinski definition) is 4. The van der Waals surface area contributed by atoms with Gasteiger partial charge in [0.1, 0.15) is 5.75 Å². The van der Waals surface area contributed by atoms with Gasteiger partial charge in [-0.05, 0) is 44.9 Å². The Morgan fingerprint density at radius 3 is 2.48 bits per heavy atom. The van der Waals surface area contributed by atoms with Gasteiger partial charge in [0.15, 0.2) is 0 Å². The zero-order chi connectivity index (χ0) is 15.5. The van der Waals surface area contributed by atoms with Gasteiger partial charge in [0, 0.05) is 24.5 Å². The first-order chi connectivity index (χ1) is 9.91. The monoisotopic (exact) mass is 288 g/mol. The van der Waals surface area contributed by atoms with E-state index in [0.29, 0.717) is 12.2 Å². The Balaban J connectivity index is 2.26. The number of hydrogen-bond donors (Lipinski definition) is 1. The van der Waals surface area contributed by atoms with Gasteiger partial charge in [-0.2, -0.15) is 0 Å². The Bertz CT molecular complexity index is 654. The van der Waals surface area contributed by atoms with E-state index in [2.05, 4.69) is 4.98 Å². The van der Waals surface area contributed by atoms with Gasteiger partial charge in [-0.25, -0.2) is 4.98 Å². The second-order valence-corrected chi connectivity index (χ2v) is 5.80. The lowest BCUT2D eigenvalue weighted by molar-refractivity contribution is 0.299. The fraction of sp³-hybridized carbons (Fsp3) is 0.375. The summed E-state index contributed by atoms with van der Waals surface area (Å²) in [7, 11) is 0. The highest BCUT2D eigenvalue weighted by atomic mass is 16.5. The fourth-order valence-electron chi connectivity index (χ4n) is 1.96. The molecule has 2 aromatic rings. The second kappa shape index (κ2) is 6.10. The van der Waals surface area contributed by atoms with Crippen molar-refractivity contribution in [2.24, 2.45) is 0 Å². The number of aliphatic hydroxyl groups excluding tert-OH is 1. The molecular formula is C16H20N2O3. The van der Waals surface area contributed by atoms with Crippen LogP contribution in [0.1, 0.15) is 26.3 Å². The molecule has 1 aromatic carbocycles. The van der Waals surface area contributed by atoms with E-state index < -0.39 is 0 Å². The van der Waals surface area contributed by atoms with Crippen molar-refractivity contribution < 1.29 is 9.84 Å². The van der Waals surface area contributed by atoms with Crippen LogP contribution in [0.25, 0.3) is 0 Å². The number of aromatic nitrogens is 2. The second-order valence-electron chi connectivity index (χ2n) is 5.80. The van der Waals surface area contributed by atoms with Crippen LogP contribution in [-0.4, -0.2) is 21.3 Å². The largest absolute Gasteiger partial charge is 0.435 e. The van der Waals surface area contributed by atoms with Crippen molar-refractivity contribution in [2.45, 2.75) is 32.7 Å². The molecule has 0 unspecified atom stereocenters. The zero-order valence-corrected chi connectivity index (χ0v) is 12.5. The van der Waals surface area contributed by atoms with Crippen molar-refractivity contribution in [3.05, 3.63) is 52.6 Å². The molecule has 112 valence electrons. The first-order valence-electron chi connectivity index (χ1n) is 6.87. The van der Waals surface area contributed by atoms with Crippen molar-refractivity contribution in [3.8, 4) is 11.6 Å². The molecule has 0 atom stereocenters. The highest BCUT2D eigenvalue weighted by Gasteiger charge is 2.17. The zero-order valence-electron chi connectivity index (χ0n) is 12.5. The Labute approximate surface area is 123 Å². The molecule has 1 N–H and O–H groups in total. The molecule has 0 spiro atoms. The average molecular weight is 288 g/mol. The molecule has 0 saturated heterocycles. The van der Waals surface area contributed by atoms with E-state index in [9.17, 15) is 4.79 Å². The van der Waals surface area contributed by atoms with Gasteiger partial charge >= 0.3 is 5.56 Å². The van der Waals surface area contributed by atoms with Crippen LogP contribution < -0.4 is 10.3 Å². The van der Waals surface area contributed by atoms with Crippen molar-refractivity contribution >= 4 is 0 Å². The van der Waals surface area contributed by atoms with Crippen molar-refractivity contribution in [1.82, 2.24) is 9.55 Å². The van der Waals surface area contributed by atoms with Crippen LogP contribution in [0.5, 0.6) is 11.6 Å². The van der Waals surface area contributed by atoms with Crippen LogP contribution in [0.2, 0.25) is 0 Å². The molecule has 1 aromatic heterocycles. The van der Waals surface area contributed by atoms with E-state index in [1.165, 1.54) is 0 Å². The van der Waals surface area contributed by atoms with Crippen molar-refractivity contribution in [3.63, 3.8) is 0 Å². The van der Waals surface area contributed by atoms with Gasteiger partial charge in [-0.15, -0.1) is 0 Å². The number of nitrogens with zero attached hydrogens (tertiary/aromatic N) is 2. The van der Waals surface area contributed by atoms with E-state index in [1.807, 2.05) is 32.9 Å². The summed E-state index contributed by atoms with van der Waals surface area (Å²) < 4.78 is 7.16. The number of rotatable bonds is 4. The lowest BCUT2D eigenvalue weighted by Gasteiger charge is -2.22. The topological polar surface area (TPSA) is 64.3 Å². The third-order valence-electron chi connectivity index (χ3n) is 3.07. The average Bonchev–Trinajstić information content (AvgIpc) is 2.42. The first kappa shape index (κ1) is 15.3. The van der Waals surface area contributed by atoms with Crippen LogP contribution in [0.15, 0.2) is 41.5 Å². The normalized spacial score (nSPS) is 11.4.